The third kappa shape index (κ3) is 3.13. The molecule has 1 fully saturated rings. The Morgan fingerprint density at radius 2 is 1.89 bits per heavy atom. The van der Waals surface area contributed by atoms with Crippen molar-refractivity contribution in [3.05, 3.63) is 58.3 Å². The maximum Gasteiger partial charge on any atom is 0.341 e. The lowest BCUT2D eigenvalue weighted by molar-refractivity contribution is 0.0695. The van der Waals surface area contributed by atoms with E-state index in [1.165, 1.54) is 41.2 Å². The number of rotatable bonds is 3. The highest BCUT2D eigenvalue weighted by atomic mass is 19.1. The monoisotopic (exact) mass is 369 g/mol. The molecule has 9 heteroatoms. The van der Waals surface area contributed by atoms with Crippen molar-refractivity contribution in [1.29, 1.82) is 0 Å². The number of piperazine rings is 1. The molecule has 4 rings (SSSR count). The third-order valence-corrected chi connectivity index (χ3v) is 4.47. The Bertz CT molecular complexity index is 1070. The molecule has 1 saturated heterocycles. The van der Waals surface area contributed by atoms with E-state index in [2.05, 4.69) is 15.3 Å². The highest BCUT2D eigenvalue weighted by Gasteiger charge is 2.19. The molecule has 1 aliphatic rings. The van der Waals surface area contributed by atoms with E-state index in [0.717, 1.165) is 26.2 Å². The number of fused-ring (bicyclic) bond motifs is 1. The van der Waals surface area contributed by atoms with Crippen molar-refractivity contribution in [3.8, 4) is 5.69 Å². The second-order valence-electron chi connectivity index (χ2n) is 6.17. The second-order valence-corrected chi connectivity index (χ2v) is 6.17. The van der Waals surface area contributed by atoms with Gasteiger partial charge in [-0.05, 0) is 24.3 Å². The average molecular weight is 369 g/mol. The van der Waals surface area contributed by atoms with E-state index in [0.29, 0.717) is 11.6 Å². The maximum absolute atomic E-state index is 13.3. The number of aromatic nitrogens is 3. The zero-order valence-electron chi connectivity index (χ0n) is 14.2. The largest absolute Gasteiger partial charge is 0.477 e. The molecule has 0 aliphatic carbocycles. The molecule has 0 spiro atoms. The molecular weight excluding hydrogens is 353 g/mol. The molecule has 1 aromatic carbocycles. The Hall–Kier alpha value is -3.33. The van der Waals surface area contributed by atoms with E-state index in [9.17, 15) is 19.1 Å². The molecule has 0 unspecified atom stereocenters. The number of hydrogen-bond donors (Lipinski definition) is 2. The van der Waals surface area contributed by atoms with Crippen molar-refractivity contribution in [2.24, 2.45) is 0 Å². The van der Waals surface area contributed by atoms with E-state index >= 15 is 0 Å². The van der Waals surface area contributed by atoms with Gasteiger partial charge in [-0.3, -0.25) is 4.79 Å². The zero-order chi connectivity index (χ0) is 19.0. The molecule has 27 heavy (non-hydrogen) atoms. The van der Waals surface area contributed by atoms with E-state index < -0.39 is 22.8 Å². The highest BCUT2D eigenvalue weighted by Crippen LogP contribution is 2.19. The predicted molar refractivity (Wildman–Crippen MR) is 97.1 cm³/mol. The van der Waals surface area contributed by atoms with Crippen LogP contribution in [0.3, 0.4) is 0 Å². The highest BCUT2D eigenvalue weighted by molar-refractivity contribution is 5.92. The van der Waals surface area contributed by atoms with Gasteiger partial charge in [-0.2, -0.15) is 4.98 Å². The van der Waals surface area contributed by atoms with E-state index in [-0.39, 0.29) is 11.0 Å². The number of carboxylic acid groups (broad SMARTS) is 1. The minimum absolute atomic E-state index is 0.0955. The van der Waals surface area contributed by atoms with Crippen molar-refractivity contribution >= 4 is 23.0 Å². The van der Waals surface area contributed by atoms with Gasteiger partial charge in [0.1, 0.15) is 11.4 Å². The normalized spacial score (nSPS) is 14.5. The molecule has 2 aromatic heterocycles. The number of carbonyl (C=O) groups is 1. The first-order chi connectivity index (χ1) is 13.0. The van der Waals surface area contributed by atoms with Crippen LogP contribution >= 0.6 is 0 Å². The van der Waals surface area contributed by atoms with Crippen LogP contribution in [-0.2, 0) is 0 Å². The van der Waals surface area contributed by atoms with E-state index in [1.54, 1.807) is 0 Å². The van der Waals surface area contributed by atoms with Gasteiger partial charge < -0.3 is 19.9 Å². The Balaban J connectivity index is 1.96. The molecule has 0 bridgehead atoms. The molecule has 3 aromatic rings. The number of benzene rings is 1. The number of nitrogens with one attached hydrogen (secondary N) is 1. The SMILES string of the molecule is O=C(O)c1cn(-c2ccc(F)cc2)c2nc(N3CCNCC3)ncc2c1=O. The van der Waals surface area contributed by atoms with Gasteiger partial charge in [0, 0.05) is 44.3 Å². The Morgan fingerprint density at radius 3 is 2.56 bits per heavy atom. The molecule has 2 N–H and O–H groups in total. The number of pyridine rings is 1. The van der Waals surface area contributed by atoms with Gasteiger partial charge in [0.05, 0.1) is 5.39 Å². The van der Waals surface area contributed by atoms with Crippen LogP contribution < -0.4 is 15.6 Å². The van der Waals surface area contributed by atoms with Crippen LogP contribution in [0.1, 0.15) is 10.4 Å². The lowest BCUT2D eigenvalue weighted by atomic mass is 10.2. The first kappa shape index (κ1) is 17.1. The van der Waals surface area contributed by atoms with Crippen LogP contribution in [0, 0.1) is 5.82 Å². The van der Waals surface area contributed by atoms with Crippen LogP contribution in [0.25, 0.3) is 16.7 Å². The van der Waals surface area contributed by atoms with Gasteiger partial charge in [-0.25, -0.2) is 14.2 Å². The number of anilines is 1. The molecular formula is C18H16FN5O3. The summed E-state index contributed by atoms with van der Waals surface area (Å²) in [5.74, 6) is -1.30. The fourth-order valence-corrected chi connectivity index (χ4v) is 3.07. The van der Waals surface area contributed by atoms with E-state index in [4.69, 9.17) is 0 Å². The summed E-state index contributed by atoms with van der Waals surface area (Å²) in [6.07, 6.45) is 2.57. The lowest BCUT2D eigenvalue weighted by Gasteiger charge is -2.27. The minimum Gasteiger partial charge on any atom is -0.477 e. The van der Waals surface area contributed by atoms with Gasteiger partial charge in [0.2, 0.25) is 11.4 Å². The van der Waals surface area contributed by atoms with Crippen molar-refractivity contribution in [2.75, 3.05) is 31.1 Å². The second kappa shape index (κ2) is 6.76. The molecule has 0 radical (unpaired) electrons. The molecule has 0 saturated carbocycles. The average Bonchev–Trinajstić information content (AvgIpc) is 2.69. The summed E-state index contributed by atoms with van der Waals surface area (Å²) in [6, 6.07) is 5.52. The molecule has 0 amide bonds. The summed E-state index contributed by atoms with van der Waals surface area (Å²) in [4.78, 5) is 34.8. The Kier molecular flexibility index (Phi) is 4.28. The van der Waals surface area contributed by atoms with Crippen LogP contribution in [0.2, 0.25) is 0 Å². The van der Waals surface area contributed by atoms with Crippen molar-refractivity contribution in [2.45, 2.75) is 0 Å². The third-order valence-electron chi connectivity index (χ3n) is 4.47. The van der Waals surface area contributed by atoms with Crippen LogP contribution in [-0.4, -0.2) is 51.8 Å². The summed E-state index contributed by atoms with van der Waals surface area (Å²) in [7, 11) is 0. The fourth-order valence-electron chi connectivity index (χ4n) is 3.07. The number of carboxylic acids is 1. The topological polar surface area (TPSA) is 100 Å². The summed E-state index contributed by atoms with van der Waals surface area (Å²) in [6.45, 7) is 3.03. The van der Waals surface area contributed by atoms with Gasteiger partial charge in [0.15, 0.2) is 5.65 Å². The zero-order valence-corrected chi connectivity index (χ0v) is 14.2. The van der Waals surface area contributed by atoms with E-state index in [1.807, 2.05) is 4.90 Å². The lowest BCUT2D eigenvalue weighted by Crippen LogP contribution is -2.44. The Morgan fingerprint density at radius 1 is 1.19 bits per heavy atom. The predicted octanol–water partition coefficient (Wildman–Crippen LogP) is 1.03. The molecule has 8 nitrogen and oxygen atoms in total. The minimum atomic E-state index is -1.34. The number of hydrogen-bond acceptors (Lipinski definition) is 6. The molecule has 138 valence electrons. The number of aromatic carboxylic acids is 1. The fraction of sp³-hybridized carbons (Fsp3) is 0.222. The van der Waals surface area contributed by atoms with Crippen molar-refractivity contribution in [3.63, 3.8) is 0 Å². The summed E-state index contributed by atoms with van der Waals surface area (Å²) in [5.41, 5.74) is -0.276. The van der Waals surface area contributed by atoms with Crippen molar-refractivity contribution in [1.82, 2.24) is 19.9 Å². The Labute approximate surface area is 152 Å². The first-order valence-corrected chi connectivity index (χ1v) is 8.42. The molecule has 0 atom stereocenters. The number of nitrogens with zero attached hydrogens (tertiary/aromatic N) is 4. The summed E-state index contributed by atoms with van der Waals surface area (Å²) < 4.78 is 14.8. The maximum atomic E-state index is 13.3. The number of halogens is 1. The summed E-state index contributed by atoms with van der Waals surface area (Å²) in [5, 5.41) is 12.7. The quantitative estimate of drug-likeness (QED) is 0.711. The van der Waals surface area contributed by atoms with Crippen LogP contribution in [0.4, 0.5) is 10.3 Å². The van der Waals surface area contributed by atoms with Gasteiger partial charge >= 0.3 is 5.97 Å². The van der Waals surface area contributed by atoms with Gasteiger partial charge in [0.25, 0.3) is 0 Å². The first-order valence-electron chi connectivity index (χ1n) is 8.42. The standard InChI is InChI=1S/C18H16FN5O3/c19-11-1-3-12(4-2-11)24-10-14(17(26)27)15(25)13-9-21-18(22-16(13)24)23-7-5-20-6-8-23/h1-4,9-10,20H,5-8H2,(H,26,27). The van der Waals surface area contributed by atoms with Crippen LogP contribution in [0.5, 0.6) is 0 Å². The van der Waals surface area contributed by atoms with Gasteiger partial charge in [-0.15, -0.1) is 0 Å². The summed E-state index contributed by atoms with van der Waals surface area (Å²) >= 11 is 0. The van der Waals surface area contributed by atoms with Crippen molar-refractivity contribution < 1.29 is 14.3 Å². The van der Waals surface area contributed by atoms with Crippen LogP contribution in [0.15, 0.2) is 41.5 Å². The van der Waals surface area contributed by atoms with Gasteiger partial charge in [-0.1, -0.05) is 0 Å². The smallest absolute Gasteiger partial charge is 0.341 e. The molecule has 1 aliphatic heterocycles. The molecule has 3 heterocycles.